The summed E-state index contributed by atoms with van der Waals surface area (Å²) < 4.78 is 66.0. The molecule has 24 heavy (non-hydrogen) atoms. The zero-order valence-corrected chi connectivity index (χ0v) is 12.9. The number of hydrogen-bond acceptors (Lipinski definition) is 3. The van der Waals surface area contributed by atoms with Crippen LogP contribution in [0.1, 0.15) is 5.56 Å². The molecule has 9 heteroatoms. The highest BCUT2D eigenvalue weighted by Crippen LogP contribution is 2.16. The van der Waals surface area contributed by atoms with Gasteiger partial charge in [0, 0.05) is 12.5 Å². The Kier molecular flexibility index (Phi) is 5.25. The number of carboxylic acids is 1. The molecular formula is C15H12F3NO4S. The second-order valence-electron chi connectivity index (χ2n) is 4.91. The second-order valence-corrected chi connectivity index (χ2v) is 6.63. The van der Waals surface area contributed by atoms with Crippen molar-refractivity contribution in [3.63, 3.8) is 0 Å². The van der Waals surface area contributed by atoms with Crippen molar-refractivity contribution in [1.82, 2.24) is 4.72 Å². The normalized spacial score (nSPS) is 12.8. The van der Waals surface area contributed by atoms with E-state index in [1.54, 1.807) is 0 Å². The molecule has 2 N–H and O–H groups in total. The minimum Gasteiger partial charge on any atom is -0.480 e. The fourth-order valence-corrected chi connectivity index (χ4v) is 3.23. The van der Waals surface area contributed by atoms with E-state index in [0.29, 0.717) is 18.2 Å². The Hall–Kier alpha value is -2.39. The lowest BCUT2D eigenvalue weighted by Crippen LogP contribution is -2.42. The number of halogens is 3. The largest absolute Gasteiger partial charge is 0.480 e. The van der Waals surface area contributed by atoms with Crippen LogP contribution in [-0.2, 0) is 21.2 Å². The molecule has 0 saturated carbocycles. The molecular weight excluding hydrogens is 347 g/mol. The van der Waals surface area contributed by atoms with Crippen molar-refractivity contribution in [3.05, 3.63) is 65.5 Å². The van der Waals surface area contributed by atoms with E-state index in [1.807, 2.05) is 4.72 Å². The van der Waals surface area contributed by atoms with Crippen LogP contribution in [-0.4, -0.2) is 25.5 Å². The van der Waals surface area contributed by atoms with Crippen molar-refractivity contribution >= 4 is 16.0 Å². The minimum absolute atomic E-state index is 0.0157. The topological polar surface area (TPSA) is 83.5 Å². The Bertz CT molecular complexity index is 851. The summed E-state index contributed by atoms with van der Waals surface area (Å²) in [4.78, 5) is 10.5. The number of carboxylic acid groups (broad SMARTS) is 1. The van der Waals surface area contributed by atoms with Crippen LogP contribution in [0, 0.1) is 17.5 Å². The van der Waals surface area contributed by atoms with Crippen LogP contribution in [0.4, 0.5) is 13.2 Å². The summed E-state index contributed by atoms with van der Waals surface area (Å²) in [6, 6.07) is 5.14. The van der Waals surface area contributed by atoms with E-state index in [1.165, 1.54) is 18.2 Å². The van der Waals surface area contributed by atoms with E-state index in [4.69, 9.17) is 5.11 Å². The molecule has 0 aliphatic heterocycles. The maximum atomic E-state index is 13.6. The summed E-state index contributed by atoms with van der Waals surface area (Å²) in [5.74, 6) is -4.51. The number of rotatable bonds is 6. The molecule has 1 unspecified atom stereocenters. The van der Waals surface area contributed by atoms with E-state index in [2.05, 4.69) is 0 Å². The SMILES string of the molecule is O=C(O)C(Cc1ccccc1F)NS(=O)(=O)c1cc(F)cc(F)c1. The van der Waals surface area contributed by atoms with Gasteiger partial charge in [-0.05, 0) is 23.8 Å². The van der Waals surface area contributed by atoms with Gasteiger partial charge in [-0.25, -0.2) is 21.6 Å². The van der Waals surface area contributed by atoms with Gasteiger partial charge in [-0.3, -0.25) is 4.79 Å². The molecule has 0 bridgehead atoms. The Labute approximate surface area is 135 Å². The van der Waals surface area contributed by atoms with Crippen LogP contribution in [0.2, 0.25) is 0 Å². The number of benzene rings is 2. The van der Waals surface area contributed by atoms with Gasteiger partial charge < -0.3 is 5.11 Å². The van der Waals surface area contributed by atoms with Gasteiger partial charge in [-0.15, -0.1) is 0 Å². The number of nitrogens with one attached hydrogen (secondary N) is 1. The molecule has 0 aliphatic carbocycles. The lowest BCUT2D eigenvalue weighted by molar-refractivity contribution is -0.138. The van der Waals surface area contributed by atoms with E-state index in [9.17, 15) is 26.4 Å². The predicted octanol–water partition coefficient (Wildman–Crippen LogP) is 2.08. The molecule has 2 aromatic carbocycles. The van der Waals surface area contributed by atoms with Gasteiger partial charge in [0.2, 0.25) is 10.0 Å². The first-order valence-electron chi connectivity index (χ1n) is 6.63. The average molecular weight is 359 g/mol. The molecule has 0 radical (unpaired) electrons. The fraction of sp³-hybridized carbons (Fsp3) is 0.133. The Morgan fingerprint density at radius 2 is 1.67 bits per heavy atom. The van der Waals surface area contributed by atoms with Gasteiger partial charge >= 0.3 is 5.97 Å². The lowest BCUT2D eigenvalue weighted by atomic mass is 10.1. The van der Waals surface area contributed by atoms with E-state index in [-0.39, 0.29) is 5.56 Å². The summed E-state index contributed by atoms with van der Waals surface area (Å²) >= 11 is 0. The molecule has 2 aromatic rings. The zero-order valence-electron chi connectivity index (χ0n) is 12.0. The highest BCUT2D eigenvalue weighted by Gasteiger charge is 2.27. The van der Waals surface area contributed by atoms with Gasteiger partial charge in [-0.2, -0.15) is 4.72 Å². The Balaban J connectivity index is 2.30. The van der Waals surface area contributed by atoms with Crippen molar-refractivity contribution in [2.24, 2.45) is 0 Å². The Morgan fingerprint density at radius 3 is 2.21 bits per heavy atom. The molecule has 0 heterocycles. The second kappa shape index (κ2) is 7.02. The molecule has 0 amide bonds. The first kappa shape index (κ1) is 18.0. The summed E-state index contributed by atoms with van der Waals surface area (Å²) in [7, 11) is -4.52. The maximum absolute atomic E-state index is 13.6. The molecule has 2 rings (SSSR count). The highest BCUT2D eigenvalue weighted by molar-refractivity contribution is 7.89. The first-order valence-corrected chi connectivity index (χ1v) is 8.12. The van der Waals surface area contributed by atoms with Crippen LogP contribution in [0.5, 0.6) is 0 Å². The molecule has 0 aromatic heterocycles. The molecule has 0 saturated heterocycles. The van der Waals surface area contributed by atoms with Gasteiger partial charge in [0.05, 0.1) is 4.90 Å². The number of carbonyl (C=O) groups is 1. The molecule has 5 nitrogen and oxygen atoms in total. The van der Waals surface area contributed by atoms with Crippen molar-refractivity contribution in [2.75, 3.05) is 0 Å². The quantitative estimate of drug-likeness (QED) is 0.827. The number of aliphatic carboxylic acids is 1. The van der Waals surface area contributed by atoms with Crippen LogP contribution >= 0.6 is 0 Å². The third-order valence-corrected chi connectivity index (χ3v) is 4.57. The third kappa shape index (κ3) is 4.33. The molecule has 128 valence electrons. The summed E-state index contributed by atoms with van der Waals surface area (Å²) in [5.41, 5.74) is -0.0157. The van der Waals surface area contributed by atoms with Crippen LogP contribution in [0.15, 0.2) is 47.4 Å². The lowest BCUT2D eigenvalue weighted by Gasteiger charge is -2.15. The minimum atomic E-state index is -4.52. The smallest absolute Gasteiger partial charge is 0.322 e. The predicted molar refractivity (Wildman–Crippen MR) is 78.2 cm³/mol. The average Bonchev–Trinajstić information content (AvgIpc) is 2.47. The molecule has 0 spiro atoms. The van der Waals surface area contributed by atoms with E-state index >= 15 is 0 Å². The number of hydrogen-bond donors (Lipinski definition) is 2. The van der Waals surface area contributed by atoms with Crippen molar-refractivity contribution in [2.45, 2.75) is 17.4 Å². The van der Waals surface area contributed by atoms with Crippen molar-refractivity contribution in [3.8, 4) is 0 Å². The molecule has 0 fully saturated rings. The van der Waals surface area contributed by atoms with Gasteiger partial charge in [0.1, 0.15) is 23.5 Å². The summed E-state index contributed by atoms with van der Waals surface area (Å²) in [6.07, 6.45) is -0.473. The summed E-state index contributed by atoms with van der Waals surface area (Å²) in [5, 5.41) is 9.15. The van der Waals surface area contributed by atoms with Crippen molar-refractivity contribution in [1.29, 1.82) is 0 Å². The van der Waals surface area contributed by atoms with Gasteiger partial charge in [-0.1, -0.05) is 18.2 Å². The zero-order chi connectivity index (χ0) is 17.9. The van der Waals surface area contributed by atoms with E-state index < -0.39 is 50.8 Å². The molecule has 0 aliphatic rings. The van der Waals surface area contributed by atoms with E-state index in [0.717, 1.165) is 6.07 Å². The van der Waals surface area contributed by atoms with Crippen molar-refractivity contribution < 1.29 is 31.5 Å². The highest BCUT2D eigenvalue weighted by atomic mass is 32.2. The third-order valence-electron chi connectivity index (χ3n) is 3.12. The van der Waals surface area contributed by atoms with Crippen LogP contribution < -0.4 is 4.72 Å². The maximum Gasteiger partial charge on any atom is 0.322 e. The van der Waals surface area contributed by atoms with Crippen LogP contribution in [0.3, 0.4) is 0 Å². The van der Waals surface area contributed by atoms with Gasteiger partial charge in [0.15, 0.2) is 0 Å². The molecule has 1 atom stereocenters. The number of sulfonamides is 1. The van der Waals surface area contributed by atoms with Crippen LogP contribution in [0.25, 0.3) is 0 Å². The Morgan fingerprint density at radius 1 is 1.08 bits per heavy atom. The standard InChI is InChI=1S/C15H12F3NO4S/c16-10-6-11(17)8-12(7-10)24(22,23)19-14(15(20)21)5-9-3-1-2-4-13(9)18/h1-4,6-8,14,19H,5H2,(H,20,21). The first-order chi connectivity index (χ1) is 11.2. The monoisotopic (exact) mass is 359 g/mol. The van der Waals surface area contributed by atoms with Gasteiger partial charge in [0.25, 0.3) is 0 Å². The fourth-order valence-electron chi connectivity index (χ4n) is 2.00. The summed E-state index contributed by atoms with van der Waals surface area (Å²) in [6.45, 7) is 0.